The Morgan fingerprint density at radius 1 is 1.42 bits per heavy atom. The van der Waals surface area contributed by atoms with Crippen LogP contribution in [0.25, 0.3) is 0 Å². The molecule has 2 N–H and O–H groups in total. The second-order valence-corrected chi connectivity index (χ2v) is 6.07. The molecule has 1 aliphatic heterocycles. The number of aromatic nitrogens is 1. The minimum atomic E-state index is -1.08. The fourth-order valence-corrected chi connectivity index (χ4v) is 3.02. The molecule has 2 unspecified atom stereocenters. The van der Waals surface area contributed by atoms with Crippen LogP contribution in [0.4, 0.5) is 14.5 Å². The number of carbonyl (C=O) groups excluding carboxylic acids is 2. The van der Waals surface area contributed by atoms with Gasteiger partial charge in [0.15, 0.2) is 11.9 Å². The fourth-order valence-electron chi connectivity index (χ4n) is 2.19. The van der Waals surface area contributed by atoms with E-state index in [9.17, 15) is 23.2 Å². The number of anilines is 1. The molecule has 24 heavy (non-hydrogen) atoms. The molecule has 0 bridgehead atoms. The molecule has 0 saturated carbocycles. The summed E-state index contributed by atoms with van der Waals surface area (Å²) in [5.74, 6) is -1.78. The molecular weight excluding hydrogens is 344 g/mol. The Hall–Kier alpha value is -1.94. The number of nitrogens with zero attached hydrogens (tertiary/aromatic N) is 1. The van der Waals surface area contributed by atoms with Crippen molar-refractivity contribution in [2.45, 2.75) is 30.7 Å². The lowest BCUT2D eigenvalue weighted by Gasteiger charge is -2.25. The van der Waals surface area contributed by atoms with E-state index < -0.39 is 35.3 Å². The molecule has 132 valence electrons. The van der Waals surface area contributed by atoms with E-state index in [4.69, 9.17) is 4.18 Å². The normalized spacial score (nSPS) is 20.5. The molecule has 1 fully saturated rings. The monoisotopic (exact) mass is 361 g/mol. The summed E-state index contributed by atoms with van der Waals surface area (Å²) in [6, 6.07) is 0.886. The highest BCUT2D eigenvalue weighted by Gasteiger charge is 2.31. The number of amides is 2. The van der Waals surface area contributed by atoms with E-state index in [-0.39, 0.29) is 18.1 Å². The van der Waals surface area contributed by atoms with Gasteiger partial charge in [-0.2, -0.15) is 0 Å². The molecule has 0 aromatic carbocycles. The SMILES string of the molecule is CNC(=O)C1CCC(C(=O)Nc2cc(F)c(=O)n(CCF)c2)SO1. The van der Waals surface area contributed by atoms with Crippen LogP contribution in [0.2, 0.25) is 0 Å². The lowest BCUT2D eigenvalue weighted by atomic mass is 10.1. The number of aryl methyl sites for hydroxylation is 1. The van der Waals surface area contributed by atoms with Crippen LogP contribution in [-0.2, 0) is 20.3 Å². The summed E-state index contributed by atoms with van der Waals surface area (Å²) >= 11 is 0.869. The molecule has 1 saturated heterocycles. The van der Waals surface area contributed by atoms with Gasteiger partial charge >= 0.3 is 0 Å². The minimum absolute atomic E-state index is 0.0552. The number of rotatable bonds is 5. The first kappa shape index (κ1) is 18.4. The lowest BCUT2D eigenvalue weighted by molar-refractivity contribution is -0.128. The number of hydrogen-bond acceptors (Lipinski definition) is 5. The number of pyridine rings is 1. The summed E-state index contributed by atoms with van der Waals surface area (Å²) in [4.78, 5) is 35.1. The van der Waals surface area contributed by atoms with E-state index in [1.165, 1.54) is 13.2 Å². The van der Waals surface area contributed by atoms with E-state index in [2.05, 4.69) is 10.6 Å². The van der Waals surface area contributed by atoms with E-state index in [0.29, 0.717) is 12.8 Å². The third-order valence-electron chi connectivity index (χ3n) is 3.45. The van der Waals surface area contributed by atoms with Gasteiger partial charge in [0.2, 0.25) is 11.8 Å². The molecule has 10 heteroatoms. The number of likely N-dealkylation sites (N-methyl/N-ethyl adjacent to an activating group) is 1. The predicted molar refractivity (Wildman–Crippen MR) is 84.8 cm³/mol. The van der Waals surface area contributed by atoms with Crippen molar-refractivity contribution in [1.82, 2.24) is 9.88 Å². The van der Waals surface area contributed by atoms with Crippen LogP contribution in [0.3, 0.4) is 0 Å². The fraction of sp³-hybridized carbons (Fsp3) is 0.500. The van der Waals surface area contributed by atoms with Crippen molar-refractivity contribution in [2.24, 2.45) is 0 Å². The smallest absolute Gasteiger partial charge is 0.286 e. The van der Waals surface area contributed by atoms with Gasteiger partial charge < -0.3 is 19.4 Å². The highest BCUT2D eigenvalue weighted by atomic mass is 32.2. The van der Waals surface area contributed by atoms with Crippen molar-refractivity contribution < 1.29 is 22.6 Å². The minimum Gasteiger partial charge on any atom is -0.357 e. The van der Waals surface area contributed by atoms with Crippen LogP contribution < -0.4 is 16.2 Å². The van der Waals surface area contributed by atoms with Crippen LogP contribution in [0.1, 0.15) is 12.8 Å². The van der Waals surface area contributed by atoms with Gasteiger partial charge in [0.05, 0.1) is 12.2 Å². The Bertz CT molecular complexity index is 674. The van der Waals surface area contributed by atoms with E-state index in [1.54, 1.807) is 0 Å². The van der Waals surface area contributed by atoms with Crippen LogP contribution >= 0.6 is 12.0 Å². The number of hydrogen-bond donors (Lipinski definition) is 2. The van der Waals surface area contributed by atoms with Crippen molar-refractivity contribution in [1.29, 1.82) is 0 Å². The number of carbonyl (C=O) groups is 2. The maximum Gasteiger partial charge on any atom is 0.286 e. The second kappa shape index (κ2) is 8.25. The Balaban J connectivity index is 2.00. The van der Waals surface area contributed by atoms with Gasteiger partial charge in [-0.25, -0.2) is 8.78 Å². The molecule has 1 aromatic heterocycles. The topological polar surface area (TPSA) is 89.4 Å². The van der Waals surface area contributed by atoms with Gasteiger partial charge in [0, 0.05) is 31.4 Å². The molecule has 2 heterocycles. The maximum atomic E-state index is 13.6. The Morgan fingerprint density at radius 2 is 2.17 bits per heavy atom. The highest BCUT2D eigenvalue weighted by molar-refractivity contribution is 7.96. The highest BCUT2D eigenvalue weighted by Crippen LogP contribution is 2.29. The lowest BCUT2D eigenvalue weighted by Crippen LogP contribution is -2.38. The number of halogens is 2. The maximum absolute atomic E-state index is 13.6. The summed E-state index contributed by atoms with van der Waals surface area (Å²) in [7, 11) is 1.50. The molecule has 7 nitrogen and oxygen atoms in total. The zero-order valence-corrected chi connectivity index (χ0v) is 13.7. The summed E-state index contributed by atoms with van der Waals surface area (Å²) in [6.45, 7) is -1.13. The summed E-state index contributed by atoms with van der Waals surface area (Å²) in [5.41, 5.74) is -0.894. The van der Waals surface area contributed by atoms with Gasteiger partial charge in [-0.15, -0.1) is 0 Å². The molecule has 2 atom stereocenters. The van der Waals surface area contributed by atoms with Crippen LogP contribution in [0.5, 0.6) is 0 Å². The molecule has 0 radical (unpaired) electrons. The molecule has 0 spiro atoms. The van der Waals surface area contributed by atoms with Gasteiger partial charge in [0.1, 0.15) is 11.9 Å². The van der Waals surface area contributed by atoms with E-state index >= 15 is 0 Å². The Kier molecular flexibility index (Phi) is 6.32. The first-order valence-electron chi connectivity index (χ1n) is 7.26. The van der Waals surface area contributed by atoms with Crippen molar-refractivity contribution in [2.75, 3.05) is 19.0 Å². The summed E-state index contributed by atoms with van der Waals surface area (Å²) in [5, 5.41) is 4.37. The van der Waals surface area contributed by atoms with Crippen LogP contribution in [0, 0.1) is 5.82 Å². The average molecular weight is 361 g/mol. The van der Waals surface area contributed by atoms with Gasteiger partial charge in [-0.05, 0) is 12.8 Å². The van der Waals surface area contributed by atoms with Crippen molar-refractivity contribution in [3.8, 4) is 0 Å². The molecule has 1 aliphatic rings. The van der Waals surface area contributed by atoms with Crippen molar-refractivity contribution >= 4 is 29.5 Å². The second-order valence-electron chi connectivity index (χ2n) is 5.11. The molecule has 2 rings (SSSR count). The molecule has 2 amide bonds. The third kappa shape index (κ3) is 4.32. The van der Waals surface area contributed by atoms with Crippen LogP contribution in [-0.4, -0.2) is 41.5 Å². The quantitative estimate of drug-likeness (QED) is 0.759. The first-order chi connectivity index (χ1) is 11.5. The zero-order valence-electron chi connectivity index (χ0n) is 12.9. The molecule has 0 aliphatic carbocycles. The third-order valence-corrected chi connectivity index (χ3v) is 4.47. The largest absolute Gasteiger partial charge is 0.357 e. The van der Waals surface area contributed by atoms with Crippen LogP contribution in [0.15, 0.2) is 17.1 Å². The van der Waals surface area contributed by atoms with E-state index in [0.717, 1.165) is 22.7 Å². The van der Waals surface area contributed by atoms with Gasteiger partial charge in [0.25, 0.3) is 5.56 Å². The molecular formula is C14H17F2N3O4S. The summed E-state index contributed by atoms with van der Waals surface area (Å²) < 4.78 is 32.1. The molecule has 1 aromatic rings. The van der Waals surface area contributed by atoms with Gasteiger partial charge in [-0.3, -0.25) is 14.4 Å². The Labute approximate surface area is 141 Å². The summed E-state index contributed by atoms with van der Waals surface area (Å²) in [6.07, 6.45) is 1.35. The van der Waals surface area contributed by atoms with Crippen molar-refractivity contribution in [3.63, 3.8) is 0 Å². The standard InChI is InChI=1S/C14H17F2N3O4S/c1-17-12(20)10-2-3-11(24-23-10)13(21)18-8-6-9(16)14(22)19(7-8)5-4-15/h6-7,10-11H,2-5H2,1H3,(H,17,20)(H,18,21). The van der Waals surface area contributed by atoms with Crippen molar-refractivity contribution in [3.05, 3.63) is 28.4 Å². The van der Waals surface area contributed by atoms with E-state index in [1.807, 2.05) is 0 Å². The number of alkyl halides is 1. The van der Waals surface area contributed by atoms with Gasteiger partial charge in [-0.1, -0.05) is 0 Å². The average Bonchev–Trinajstić information content (AvgIpc) is 2.58. The number of nitrogens with one attached hydrogen (secondary N) is 2. The first-order valence-corrected chi connectivity index (χ1v) is 8.07. The zero-order chi connectivity index (χ0) is 17.7. The Morgan fingerprint density at radius 3 is 2.75 bits per heavy atom. The predicted octanol–water partition coefficient (Wildman–Crippen LogP) is 0.837.